The van der Waals surface area contributed by atoms with Crippen LogP contribution in [0.25, 0.3) is 0 Å². The molecule has 1 aromatic carbocycles. The molecule has 5 rings (SSSR count). The molecule has 4 heterocycles. The van der Waals surface area contributed by atoms with Crippen molar-refractivity contribution in [3.63, 3.8) is 0 Å². The van der Waals surface area contributed by atoms with Gasteiger partial charge >= 0.3 is 18.0 Å². The summed E-state index contributed by atoms with van der Waals surface area (Å²) in [6.45, 7) is 9.44. The first-order valence-corrected chi connectivity index (χ1v) is 30.2. The third-order valence-corrected chi connectivity index (χ3v) is 16.7. The molecule has 0 saturated carbocycles. The van der Waals surface area contributed by atoms with Gasteiger partial charge in [0.05, 0.1) is 83.3 Å². The van der Waals surface area contributed by atoms with Crippen LogP contribution in [0.3, 0.4) is 0 Å². The molecule has 22 heteroatoms. The molecular formula is C55H88N8O12S2. The Morgan fingerprint density at radius 2 is 1.04 bits per heavy atom. The Labute approximate surface area is 464 Å². The van der Waals surface area contributed by atoms with Crippen LogP contribution in [0.1, 0.15) is 146 Å². The maximum Gasteiger partial charge on any atom is 0.315 e. The van der Waals surface area contributed by atoms with Crippen molar-refractivity contribution in [2.45, 2.75) is 177 Å². The number of fused-ring (bicyclic) bond motifs is 2. The van der Waals surface area contributed by atoms with Crippen LogP contribution in [0, 0.1) is 0 Å². The van der Waals surface area contributed by atoms with Gasteiger partial charge in [0.15, 0.2) is 0 Å². The van der Waals surface area contributed by atoms with Crippen molar-refractivity contribution in [2.75, 3.05) is 83.9 Å². The number of nitrogens with one attached hydrogen (secondary N) is 7. The summed E-state index contributed by atoms with van der Waals surface area (Å²) in [5.41, 5.74) is 0.814. The molecule has 0 bridgehead atoms. The largest absolute Gasteiger partial charge is 0.460 e. The summed E-state index contributed by atoms with van der Waals surface area (Å²) >= 11 is 3.76. The molecule has 0 radical (unpaired) electrons. The van der Waals surface area contributed by atoms with E-state index in [1.54, 1.807) is 12.1 Å². The lowest BCUT2D eigenvalue weighted by molar-refractivity contribution is -0.156. The Bertz CT molecular complexity index is 1940. The van der Waals surface area contributed by atoms with Crippen molar-refractivity contribution in [1.29, 1.82) is 0 Å². The number of unbranched alkanes of at least 4 members (excludes halogenated alkanes) is 6. The summed E-state index contributed by atoms with van der Waals surface area (Å²) in [5, 5.41) is 21.6. The molecule has 4 aliphatic rings. The third-order valence-electron chi connectivity index (χ3n) is 13.6. The number of ether oxygens (including phenoxy) is 4. The molecule has 6 atom stereocenters. The molecule has 20 nitrogen and oxygen atoms in total. The van der Waals surface area contributed by atoms with E-state index in [1.165, 1.54) is 0 Å². The number of ketones is 2. The van der Waals surface area contributed by atoms with E-state index < -0.39 is 5.60 Å². The Kier molecular flexibility index (Phi) is 29.0. The molecule has 0 aromatic heterocycles. The molecule has 4 aliphatic heterocycles. The minimum Gasteiger partial charge on any atom is -0.460 e. The highest BCUT2D eigenvalue weighted by Gasteiger charge is 2.43. The van der Waals surface area contributed by atoms with Gasteiger partial charge in [-0.3, -0.25) is 33.7 Å². The van der Waals surface area contributed by atoms with Crippen LogP contribution in [0.5, 0.6) is 0 Å². The monoisotopic (exact) mass is 1120 g/mol. The summed E-state index contributed by atoms with van der Waals surface area (Å²) in [6, 6.07) is 7.72. The zero-order valence-electron chi connectivity index (χ0n) is 45.9. The predicted octanol–water partition coefficient (Wildman–Crippen LogP) is 4.94. The fourth-order valence-corrected chi connectivity index (χ4v) is 12.8. The van der Waals surface area contributed by atoms with Crippen molar-refractivity contribution in [3.05, 3.63) is 35.4 Å². The van der Waals surface area contributed by atoms with Crippen LogP contribution in [-0.4, -0.2) is 176 Å². The summed E-state index contributed by atoms with van der Waals surface area (Å²) in [4.78, 5) is 101. The quantitative estimate of drug-likeness (QED) is 0.0260. The number of carbonyl (C=O) groups is 8. The lowest BCUT2D eigenvalue weighted by Gasteiger charge is -2.21. The highest BCUT2D eigenvalue weighted by atomic mass is 32.2. The SMILES string of the molecule is CC(C)(C)OC(=O)CCOCCOCCOCCNC(=O)c1ccc(CN(CC(=O)CCCCCNC(=O)CCCCC2SCC3NC(=O)NC32)CC(=O)CCCCCNC(=O)CCCCC2SCC3NC(=O)NC32)cc1. The van der Waals surface area contributed by atoms with E-state index in [9.17, 15) is 38.4 Å². The third kappa shape index (κ3) is 25.9. The molecule has 0 spiro atoms. The van der Waals surface area contributed by atoms with Gasteiger partial charge in [0.2, 0.25) is 11.8 Å². The standard InChI is InChI=1S/C55H88N8O12S2/c1-55(2,3)75-49(68)24-28-72-30-32-74-33-31-73-29-27-58-52(69)40-22-20-39(21-23-40)34-63(35-41(64)14-6-4-12-25-56-47(66)18-10-8-16-45-50-43(37-76-45)59-53(70)61-50)36-42(65)15-7-5-13-26-57-48(67)19-11-9-17-46-51-44(38-77-46)60-54(71)62-51/h20-23,43-46,50-51H,4-19,24-38H2,1-3H3,(H,56,66)(H,57,67)(H,58,69)(H2,59,61,70)(H2,60,62,71). The summed E-state index contributed by atoms with van der Waals surface area (Å²) < 4.78 is 21.7. The maximum atomic E-state index is 13.3. The van der Waals surface area contributed by atoms with E-state index in [4.69, 9.17) is 18.9 Å². The maximum absolute atomic E-state index is 13.3. The lowest BCUT2D eigenvalue weighted by atomic mass is 10.0. The second-order valence-electron chi connectivity index (χ2n) is 21.4. The van der Waals surface area contributed by atoms with Crippen LogP contribution in [0.15, 0.2) is 24.3 Å². The number of thioether (sulfide) groups is 2. The van der Waals surface area contributed by atoms with Gasteiger partial charge in [0.25, 0.3) is 5.91 Å². The van der Waals surface area contributed by atoms with Crippen LogP contribution in [-0.2, 0) is 49.5 Å². The van der Waals surface area contributed by atoms with Crippen molar-refractivity contribution in [3.8, 4) is 0 Å². The number of rotatable bonds is 41. The van der Waals surface area contributed by atoms with Gasteiger partial charge in [-0.15, -0.1) is 0 Å². The first-order valence-electron chi connectivity index (χ1n) is 28.1. The molecular weight excluding hydrogens is 1030 g/mol. The van der Waals surface area contributed by atoms with E-state index in [1.807, 2.05) is 61.3 Å². The van der Waals surface area contributed by atoms with E-state index in [0.717, 1.165) is 81.3 Å². The molecule has 4 fully saturated rings. The number of nitrogens with zero attached hydrogens (tertiary/aromatic N) is 1. The van der Waals surface area contributed by atoms with Crippen molar-refractivity contribution in [2.24, 2.45) is 0 Å². The number of amides is 7. The Balaban J connectivity index is 0.938. The molecule has 7 N–H and O–H groups in total. The molecule has 77 heavy (non-hydrogen) atoms. The van der Waals surface area contributed by atoms with Crippen LogP contribution in [0.4, 0.5) is 9.59 Å². The second-order valence-corrected chi connectivity index (χ2v) is 23.9. The van der Waals surface area contributed by atoms with Crippen LogP contribution >= 0.6 is 23.5 Å². The molecule has 1 aromatic rings. The van der Waals surface area contributed by atoms with Crippen LogP contribution < -0.4 is 37.2 Å². The minimum atomic E-state index is -0.523. The number of hydrogen-bond donors (Lipinski definition) is 7. The Morgan fingerprint density at radius 1 is 0.558 bits per heavy atom. The summed E-state index contributed by atoms with van der Waals surface area (Å²) in [5.74, 6) is 1.43. The van der Waals surface area contributed by atoms with E-state index in [-0.39, 0.29) is 97.6 Å². The van der Waals surface area contributed by atoms with Gasteiger partial charge in [-0.25, -0.2) is 9.59 Å². The first-order chi connectivity index (χ1) is 37.1. The van der Waals surface area contributed by atoms with Crippen molar-refractivity contribution < 1.29 is 57.3 Å². The zero-order chi connectivity index (χ0) is 55.3. The second kappa shape index (κ2) is 35.2. The van der Waals surface area contributed by atoms with Gasteiger partial charge in [0.1, 0.15) is 17.2 Å². The molecule has 432 valence electrons. The van der Waals surface area contributed by atoms with Crippen molar-refractivity contribution >= 4 is 70.8 Å². The Hall–Kier alpha value is -4.48. The normalized spacial score (nSPS) is 20.4. The molecule has 4 saturated heterocycles. The number of benzene rings is 1. The van der Waals surface area contributed by atoms with Gasteiger partial charge in [-0.05, 0) is 89.8 Å². The average molecular weight is 1120 g/mol. The number of Topliss-reactive ketones (excluding diaryl/α,β-unsaturated/α-hetero) is 2. The van der Waals surface area contributed by atoms with Gasteiger partial charge in [-0.2, -0.15) is 23.5 Å². The fourth-order valence-electron chi connectivity index (χ4n) is 9.70. The number of urea groups is 2. The number of hydrogen-bond acceptors (Lipinski definition) is 15. The molecule has 7 amide bonds. The van der Waals surface area contributed by atoms with Gasteiger partial charge in [-0.1, -0.05) is 37.8 Å². The highest BCUT2D eigenvalue weighted by molar-refractivity contribution is 8.00. The summed E-state index contributed by atoms with van der Waals surface area (Å²) in [6.07, 6.45) is 11.7. The first kappa shape index (κ1) is 63.4. The number of carbonyl (C=O) groups excluding carboxylic acids is 8. The zero-order valence-corrected chi connectivity index (χ0v) is 47.5. The minimum absolute atomic E-state index is 0.0303. The molecule has 0 aliphatic carbocycles. The number of esters is 1. The Morgan fingerprint density at radius 3 is 1.55 bits per heavy atom. The van der Waals surface area contributed by atoms with Crippen LogP contribution in [0.2, 0.25) is 0 Å². The van der Waals surface area contributed by atoms with Crippen molar-refractivity contribution in [1.82, 2.24) is 42.1 Å². The van der Waals surface area contributed by atoms with Gasteiger partial charge in [0, 0.05) is 79.4 Å². The lowest BCUT2D eigenvalue weighted by Crippen LogP contribution is -2.36. The van der Waals surface area contributed by atoms with E-state index in [2.05, 4.69) is 37.2 Å². The van der Waals surface area contributed by atoms with E-state index >= 15 is 0 Å². The van der Waals surface area contributed by atoms with E-state index in [0.29, 0.717) is 114 Å². The highest BCUT2D eigenvalue weighted by Crippen LogP contribution is 2.34. The average Bonchev–Trinajstić information content (AvgIpc) is 4.17. The summed E-state index contributed by atoms with van der Waals surface area (Å²) in [7, 11) is 0. The molecule has 6 unspecified atom stereocenters. The smallest absolute Gasteiger partial charge is 0.315 e. The fraction of sp³-hybridized carbons (Fsp3) is 0.745. The predicted molar refractivity (Wildman–Crippen MR) is 298 cm³/mol. The topological polar surface area (TPSA) is 261 Å². The van der Waals surface area contributed by atoms with Gasteiger partial charge < -0.3 is 56.2 Å².